The minimum absolute atomic E-state index is 0.426. The number of nitrogens with one attached hydrogen (secondary N) is 1. The molecule has 1 aromatic rings. The molecule has 62 valence electrons. The van der Waals surface area contributed by atoms with Crippen LogP contribution in [-0.4, -0.2) is 22.0 Å². The Balaban J connectivity index is 2.49. The largest absolute Gasteiger partial charge is 0.341 e. The van der Waals surface area contributed by atoms with Gasteiger partial charge >= 0.3 is 0 Å². The van der Waals surface area contributed by atoms with Gasteiger partial charge in [0, 0.05) is 12.4 Å². The fourth-order valence-corrected chi connectivity index (χ4v) is 0.818. The van der Waals surface area contributed by atoms with E-state index in [2.05, 4.69) is 10.3 Å². The molecule has 12 heavy (non-hydrogen) atoms. The first-order valence-corrected chi connectivity index (χ1v) is 3.42. The van der Waals surface area contributed by atoms with Crippen molar-refractivity contribution in [2.45, 2.75) is 12.6 Å². The molecule has 0 saturated heterocycles. The van der Waals surface area contributed by atoms with Crippen molar-refractivity contribution in [2.24, 2.45) is 0 Å². The average molecular weight is 164 g/mol. The number of carbonyl (C=O) groups excluding carboxylic acids is 1. The molecule has 5 heteroatoms. The number of aromatic nitrogens is 2. The maximum Gasteiger partial charge on any atom is 0.208 e. The van der Waals surface area contributed by atoms with Crippen LogP contribution in [0.15, 0.2) is 18.7 Å². The fourth-order valence-electron chi connectivity index (χ4n) is 0.818. The maximum atomic E-state index is 10.0. The van der Waals surface area contributed by atoms with E-state index in [0.717, 1.165) is 0 Å². The molecular weight excluding hydrogens is 156 g/mol. The van der Waals surface area contributed by atoms with Crippen LogP contribution in [0.25, 0.3) is 0 Å². The minimum atomic E-state index is -0.489. The number of imidazole rings is 1. The fraction of sp³-hybridized carbons (Fsp3) is 0.286. The summed E-state index contributed by atoms with van der Waals surface area (Å²) in [5.41, 5.74) is 0. The Morgan fingerprint density at radius 3 is 3.17 bits per heavy atom. The Kier molecular flexibility index (Phi) is 2.85. The van der Waals surface area contributed by atoms with Crippen molar-refractivity contribution in [1.82, 2.24) is 14.9 Å². The molecule has 1 heterocycles. The Morgan fingerprint density at radius 2 is 2.67 bits per heavy atom. The third kappa shape index (κ3) is 2.09. The van der Waals surface area contributed by atoms with Gasteiger partial charge in [-0.3, -0.25) is 4.79 Å². The van der Waals surface area contributed by atoms with Gasteiger partial charge in [0.25, 0.3) is 0 Å². The van der Waals surface area contributed by atoms with Crippen LogP contribution in [0.3, 0.4) is 0 Å². The average Bonchev–Trinajstić information content (AvgIpc) is 2.56. The molecule has 1 aromatic heterocycles. The molecule has 0 aliphatic heterocycles. The molecule has 5 nitrogen and oxygen atoms in total. The van der Waals surface area contributed by atoms with Gasteiger partial charge in [-0.25, -0.2) is 4.98 Å². The number of carbonyl (C=O) groups is 1. The smallest absolute Gasteiger partial charge is 0.208 e. The zero-order chi connectivity index (χ0) is 8.81. The Hall–Kier alpha value is -1.83. The number of hydrogen-bond donors (Lipinski definition) is 1. The van der Waals surface area contributed by atoms with Crippen molar-refractivity contribution in [3.63, 3.8) is 0 Å². The van der Waals surface area contributed by atoms with Crippen LogP contribution in [0.5, 0.6) is 0 Å². The van der Waals surface area contributed by atoms with Crippen molar-refractivity contribution in [1.29, 1.82) is 5.26 Å². The van der Waals surface area contributed by atoms with Crippen LogP contribution < -0.4 is 5.32 Å². The molecular formula is C7H8N4O. The molecule has 0 aromatic carbocycles. The lowest BCUT2D eigenvalue weighted by Gasteiger charge is -2.06. The highest BCUT2D eigenvalue weighted by molar-refractivity contribution is 5.47. The lowest BCUT2D eigenvalue weighted by Crippen LogP contribution is -2.30. The van der Waals surface area contributed by atoms with Gasteiger partial charge in [0.05, 0.1) is 18.9 Å². The number of hydrogen-bond acceptors (Lipinski definition) is 3. The standard InChI is InChI=1S/C7H8N4O/c8-3-7(10-6-12)4-11-2-1-9-5-11/h1-2,5-7H,4H2,(H,10,12). The number of rotatable bonds is 4. The van der Waals surface area contributed by atoms with Gasteiger partial charge < -0.3 is 9.88 Å². The van der Waals surface area contributed by atoms with Crippen molar-refractivity contribution in [2.75, 3.05) is 0 Å². The molecule has 0 aliphatic carbocycles. The van der Waals surface area contributed by atoms with E-state index in [1.54, 1.807) is 23.3 Å². The summed E-state index contributed by atoms with van der Waals surface area (Å²) in [6.45, 7) is 0.426. The molecule has 0 bridgehead atoms. The van der Waals surface area contributed by atoms with Gasteiger partial charge in [-0.2, -0.15) is 5.26 Å². The number of nitrogens with zero attached hydrogens (tertiary/aromatic N) is 3. The number of amides is 1. The second-order valence-corrected chi connectivity index (χ2v) is 2.23. The van der Waals surface area contributed by atoms with E-state index in [4.69, 9.17) is 5.26 Å². The SMILES string of the molecule is N#CC(Cn1ccnc1)NC=O. The van der Waals surface area contributed by atoms with Crippen molar-refractivity contribution < 1.29 is 4.79 Å². The van der Waals surface area contributed by atoms with E-state index in [1.165, 1.54) is 0 Å². The van der Waals surface area contributed by atoms with E-state index < -0.39 is 6.04 Å². The van der Waals surface area contributed by atoms with Gasteiger partial charge in [-0.1, -0.05) is 0 Å². The van der Waals surface area contributed by atoms with Gasteiger partial charge in [0.15, 0.2) is 0 Å². The van der Waals surface area contributed by atoms with Crippen LogP contribution in [0, 0.1) is 11.3 Å². The summed E-state index contributed by atoms with van der Waals surface area (Å²) < 4.78 is 1.73. The van der Waals surface area contributed by atoms with E-state index >= 15 is 0 Å². The van der Waals surface area contributed by atoms with Crippen molar-refractivity contribution >= 4 is 6.41 Å². The topological polar surface area (TPSA) is 70.7 Å². The van der Waals surface area contributed by atoms with Gasteiger partial charge in [-0.15, -0.1) is 0 Å². The lowest BCUT2D eigenvalue weighted by atomic mass is 10.3. The molecule has 0 fully saturated rings. The summed E-state index contributed by atoms with van der Waals surface area (Å²) in [4.78, 5) is 13.8. The van der Waals surface area contributed by atoms with Crippen molar-refractivity contribution in [3.05, 3.63) is 18.7 Å². The summed E-state index contributed by atoms with van der Waals surface area (Å²) in [7, 11) is 0. The molecule has 0 spiro atoms. The second kappa shape index (κ2) is 4.13. The molecule has 1 atom stereocenters. The number of nitriles is 1. The first-order chi connectivity index (χ1) is 5.86. The first-order valence-electron chi connectivity index (χ1n) is 3.42. The third-order valence-corrected chi connectivity index (χ3v) is 1.38. The molecule has 1 N–H and O–H groups in total. The van der Waals surface area contributed by atoms with Crippen LogP contribution >= 0.6 is 0 Å². The van der Waals surface area contributed by atoms with E-state index in [9.17, 15) is 4.79 Å². The molecule has 0 radical (unpaired) electrons. The van der Waals surface area contributed by atoms with E-state index in [0.29, 0.717) is 13.0 Å². The van der Waals surface area contributed by atoms with Crippen LogP contribution in [0.4, 0.5) is 0 Å². The Morgan fingerprint density at radius 1 is 1.83 bits per heavy atom. The zero-order valence-corrected chi connectivity index (χ0v) is 6.34. The van der Waals surface area contributed by atoms with Crippen LogP contribution in [0.2, 0.25) is 0 Å². The predicted molar refractivity (Wildman–Crippen MR) is 40.8 cm³/mol. The van der Waals surface area contributed by atoms with E-state index in [1.807, 2.05) is 6.07 Å². The maximum absolute atomic E-state index is 10.0. The highest BCUT2D eigenvalue weighted by Gasteiger charge is 2.04. The van der Waals surface area contributed by atoms with Crippen molar-refractivity contribution in [3.8, 4) is 6.07 Å². The van der Waals surface area contributed by atoms with Crippen LogP contribution in [0.1, 0.15) is 0 Å². The molecule has 1 unspecified atom stereocenters. The predicted octanol–water partition coefficient (Wildman–Crippen LogP) is -0.479. The monoisotopic (exact) mass is 164 g/mol. The van der Waals surface area contributed by atoms with Crippen LogP contribution in [-0.2, 0) is 11.3 Å². The summed E-state index contributed by atoms with van der Waals surface area (Å²) >= 11 is 0. The zero-order valence-electron chi connectivity index (χ0n) is 6.34. The lowest BCUT2D eigenvalue weighted by molar-refractivity contribution is -0.109. The highest BCUT2D eigenvalue weighted by Crippen LogP contribution is 1.89. The summed E-state index contributed by atoms with van der Waals surface area (Å²) in [5, 5.41) is 10.9. The molecule has 0 aliphatic rings. The summed E-state index contributed by atoms with van der Waals surface area (Å²) in [6, 6.07) is 1.46. The van der Waals surface area contributed by atoms with E-state index in [-0.39, 0.29) is 0 Å². The summed E-state index contributed by atoms with van der Waals surface area (Å²) in [6.07, 6.45) is 5.47. The normalized spacial score (nSPS) is 11.6. The molecule has 0 saturated carbocycles. The quantitative estimate of drug-likeness (QED) is 0.611. The second-order valence-electron chi connectivity index (χ2n) is 2.23. The van der Waals surface area contributed by atoms with Gasteiger partial charge in [0.2, 0.25) is 6.41 Å². The third-order valence-electron chi connectivity index (χ3n) is 1.38. The van der Waals surface area contributed by atoms with Gasteiger partial charge in [-0.05, 0) is 0 Å². The minimum Gasteiger partial charge on any atom is -0.341 e. The molecule has 1 rings (SSSR count). The molecule has 1 amide bonds. The summed E-state index contributed by atoms with van der Waals surface area (Å²) in [5.74, 6) is 0. The highest BCUT2D eigenvalue weighted by atomic mass is 16.1. The van der Waals surface area contributed by atoms with Gasteiger partial charge in [0.1, 0.15) is 6.04 Å². The Bertz CT molecular complexity index is 274. The first kappa shape index (κ1) is 8.27. The Labute approximate surface area is 69.6 Å².